The third kappa shape index (κ3) is 4.86. The van der Waals surface area contributed by atoms with Gasteiger partial charge >= 0.3 is 5.97 Å². The summed E-state index contributed by atoms with van der Waals surface area (Å²) in [5.41, 5.74) is 3.30. The summed E-state index contributed by atoms with van der Waals surface area (Å²) < 4.78 is 6.74. The van der Waals surface area contributed by atoms with E-state index in [4.69, 9.17) is 0 Å². The summed E-state index contributed by atoms with van der Waals surface area (Å²) in [5.74, 6) is -0.461. The molecule has 3 aromatic rings. The van der Waals surface area contributed by atoms with Gasteiger partial charge in [0.1, 0.15) is 0 Å². The smallest absolute Gasteiger partial charge is 0.337 e. The number of thioether (sulfide) groups is 1. The number of esters is 1. The number of ether oxygens (including phenoxy) is 1. The molecule has 0 saturated heterocycles. The molecule has 29 heavy (non-hydrogen) atoms. The molecule has 1 amide bonds. The SMILES string of the molecule is C=CCn1c(SC(C)C(=O)NCc2ccc(C(=O)OC)cc2)nc2ccccc21. The second-order valence-corrected chi connectivity index (χ2v) is 7.76. The van der Waals surface area contributed by atoms with Crippen LogP contribution in [0.2, 0.25) is 0 Å². The Kier molecular flexibility index (Phi) is 6.72. The molecule has 0 saturated carbocycles. The van der Waals surface area contributed by atoms with Crippen molar-refractivity contribution >= 4 is 34.7 Å². The summed E-state index contributed by atoms with van der Waals surface area (Å²) in [5, 5.41) is 3.41. The van der Waals surface area contributed by atoms with E-state index in [1.807, 2.05) is 37.3 Å². The van der Waals surface area contributed by atoms with Crippen LogP contribution >= 0.6 is 11.8 Å². The van der Waals surface area contributed by atoms with E-state index < -0.39 is 0 Å². The maximum atomic E-state index is 12.6. The van der Waals surface area contributed by atoms with Crippen LogP contribution in [0.25, 0.3) is 11.0 Å². The Labute approximate surface area is 174 Å². The van der Waals surface area contributed by atoms with Gasteiger partial charge in [-0.3, -0.25) is 4.79 Å². The second-order valence-electron chi connectivity index (χ2n) is 6.45. The molecule has 150 valence electrons. The zero-order valence-electron chi connectivity index (χ0n) is 16.4. The maximum absolute atomic E-state index is 12.6. The van der Waals surface area contributed by atoms with Crippen molar-refractivity contribution in [3.8, 4) is 0 Å². The Morgan fingerprint density at radius 3 is 2.66 bits per heavy atom. The lowest BCUT2D eigenvalue weighted by Crippen LogP contribution is -2.30. The van der Waals surface area contributed by atoms with Crippen LogP contribution in [0.5, 0.6) is 0 Å². The number of imidazole rings is 1. The van der Waals surface area contributed by atoms with Crippen LogP contribution in [0.3, 0.4) is 0 Å². The Morgan fingerprint density at radius 2 is 1.97 bits per heavy atom. The summed E-state index contributed by atoms with van der Waals surface area (Å²) in [4.78, 5) is 28.7. The molecule has 0 radical (unpaired) electrons. The molecular formula is C22H23N3O3S. The van der Waals surface area contributed by atoms with Crippen molar-refractivity contribution in [3.05, 3.63) is 72.3 Å². The van der Waals surface area contributed by atoms with E-state index in [9.17, 15) is 9.59 Å². The van der Waals surface area contributed by atoms with E-state index in [1.165, 1.54) is 18.9 Å². The molecule has 0 spiro atoms. The number of hydrogen-bond acceptors (Lipinski definition) is 5. The normalized spacial score (nSPS) is 11.8. The number of benzene rings is 2. The third-order valence-corrected chi connectivity index (χ3v) is 5.51. The minimum absolute atomic E-state index is 0.0794. The predicted molar refractivity (Wildman–Crippen MR) is 115 cm³/mol. The molecule has 1 heterocycles. The lowest BCUT2D eigenvalue weighted by atomic mass is 10.1. The largest absolute Gasteiger partial charge is 0.465 e. The first-order valence-corrected chi connectivity index (χ1v) is 10.1. The molecule has 7 heteroatoms. The zero-order valence-corrected chi connectivity index (χ0v) is 17.2. The third-order valence-electron chi connectivity index (χ3n) is 4.42. The number of rotatable bonds is 8. The number of fused-ring (bicyclic) bond motifs is 1. The number of nitrogens with one attached hydrogen (secondary N) is 1. The molecule has 1 N–H and O–H groups in total. The fourth-order valence-corrected chi connectivity index (χ4v) is 3.83. The van der Waals surface area contributed by atoms with E-state index in [1.54, 1.807) is 24.3 Å². The molecule has 3 rings (SSSR count). The first-order chi connectivity index (χ1) is 14.0. The molecule has 0 aliphatic carbocycles. The number of aromatic nitrogens is 2. The number of amides is 1. The van der Waals surface area contributed by atoms with Crippen molar-refractivity contribution in [2.75, 3.05) is 7.11 Å². The van der Waals surface area contributed by atoms with Gasteiger partial charge in [-0.05, 0) is 36.8 Å². The monoisotopic (exact) mass is 409 g/mol. The first kappa shape index (κ1) is 20.7. The highest BCUT2D eigenvalue weighted by Crippen LogP contribution is 2.27. The average Bonchev–Trinajstić information content (AvgIpc) is 3.09. The molecule has 0 aliphatic heterocycles. The highest BCUT2D eigenvalue weighted by Gasteiger charge is 2.19. The summed E-state index contributed by atoms with van der Waals surface area (Å²) in [6.45, 7) is 6.69. The van der Waals surface area contributed by atoms with Crippen molar-refractivity contribution in [3.63, 3.8) is 0 Å². The lowest BCUT2D eigenvalue weighted by molar-refractivity contribution is -0.120. The van der Waals surface area contributed by atoms with E-state index in [0.29, 0.717) is 18.7 Å². The molecule has 1 aromatic heterocycles. The van der Waals surface area contributed by atoms with Crippen LogP contribution in [-0.2, 0) is 22.6 Å². The van der Waals surface area contributed by atoms with Gasteiger partial charge in [0.05, 0.1) is 29.0 Å². The first-order valence-electron chi connectivity index (χ1n) is 9.21. The van der Waals surface area contributed by atoms with E-state index >= 15 is 0 Å². The van der Waals surface area contributed by atoms with Gasteiger partial charge in [0.25, 0.3) is 0 Å². The summed E-state index contributed by atoms with van der Waals surface area (Å²) in [6, 6.07) is 14.9. The van der Waals surface area contributed by atoms with Crippen LogP contribution in [0, 0.1) is 0 Å². The summed E-state index contributed by atoms with van der Waals surface area (Å²) in [6.07, 6.45) is 1.82. The Bertz CT molecular complexity index is 1030. The van der Waals surface area contributed by atoms with Gasteiger partial charge in [0, 0.05) is 13.1 Å². The zero-order chi connectivity index (χ0) is 20.8. The number of hydrogen-bond donors (Lipinski definition) is 1. The van der Waals surface area contributed by atoms with E-state index in [0.717, 1.165) is 21.8 Å². The molecule has 0 bridgehead atoms. The minimum Gasteiger partial charge on any atom is -0.465 e. The van der Waals surface area contributed by atoms with Crippen molar-refractivity contribution in [2.24, 2.45) is 0 Å². The quantitative estimate of drug-likeness (QED) is 0.348. The standard InChI is InChI=1S/C22H23N3O3S/c1-4-13-25-19-8-6-5-7-18(19)24-22(25)29-15(2)20(26)23-14-16-9-11-17(12-10-16)21(27)28-3/h4-12,15H,1,13-14H2,2-3H3,(H,23,26). The van der Waals surface area contributed by atoms with Crippen LogP contribution in [0.4, 0.5) is 0 Å². The number of allylic oxidation sites excluding steroid dienone is 1. The average molecular weight is 410 g/mol. The van der Waals surface area contributed by atoms with Crippen LogP contribution in [0.15, 0.2) is 66.3 Å². The Balaban J connectivity index is 1.63. The number of methoxy groups -OCH3 is 1. The molecule has 0 fully saturated rings. The van der Waals surface area contributed by atoms with Gasteiger partial charge in [-0.2, -0.15) is 0 Å². The summed E-state index contributed by atoms with van der Waals surface area (Å²) >= 11 is 1.42. The van der Waals surface area contributed by atoms with Crippen LogP contribution < -0.4 is 5.32 Å². The number of para-hydroxylation sites is 2. The minimum atomic E-state index is -0.381. The Morgan fingerprint density at radius 1 is 1.24 bits per heavy atom. The van der Waals surface area contributed by atoms with Crippen molar-refractivity contribution in [2.45, 2.75) is 30.4 Å². The number of nitrogens with zero attached hydrogens (tertiary/aromatic N) is 2. The Hall–Kier alpha value is -3.06. The second kappa shape index (κ2) is 9.43. The highest BCUT2D eigenvalue weighted by atomic mass is 32.2. The van der Waals surface area contributed by atoms with E-state index in [2.05, 4.69) is 26.2 Å². The predicted octanol–water partition coefficient (Wildman–Crippen LogP) is 3.81. The lowest BCUT2D eigenvalue weighted by Gasteiger charge is -2.13. The number of carbonyl (C=O) groups excluding carboxylic acids is 2. The van der Waals surface area contributed by atoms with E-state index in [-0.39, 0.29) is 17.1 Å². The molecular weight excluding hydrogens is 386 g/mol. The molecule has 0 aliphatic rings. The molecule has 1 unspecified atom stereocenters. The van der Waals surface area contributed by atoms with Gasteiger partial charge in [-0.25, -0.2) is 9.78 Å². The highest BCUT2D eigenvalue weighted by molar-refractivity contribution is 8.00. The van der Waals surface area contributed by atoms with Gasteiger partial charge in [0.15, 0.2) is 5.16 Å². The summed E-state index contributed by atoms with van der Waals surface area (Å²) in [7, 11) is 1.35. The molecule has 6 nitrogen and oxygen atoms in total. The van der Waals surface area contributed by atoms with Crippen molar-refractivity contribution in [1.82, 2.24) is 14.9 Å². The van der Waals surface area contributed by atoms with Crippen LogP contribution in [-0.4, -0.2) is 33.8 Å². The number of carbonyl (C=O) groups is 2. The van der Waals surface area contributed by atoms with Gasteiger partial charge in [-0.15, -0.1) is 6.58 Å². The molecule has 2 aromatic carbocycles. The van der Waals surface area contributed by atoms with Gasteiger partial charge in [0.2, 0.25) is 5.91 Å². The topological polar surface area (TPSA) is 73.2 Å². The fraction of sp³-hybridized carbons (Fsp3) is 0.227. The van der Waals surface area contributed by atoms with Crippen molar-refractivity contribution in [1.29, 1.82) is 0 Å². The van der Waals surface area contributed by atoms with Gasteiger partial charge in [-0.1, -0.05) is 42.1 Å². The van der Waals surface area contributed by atoms with Crippen molar-refractivity contribution < 1.29 is 14.3 Å². The fourth-order valence-electron chi connectivity index (χ4n) is 2.87. The molecule has 1 atom stereocenters. The maximum Gasteiger partial charge on any atom is 0.337 e. The van der Waals surface area contributed by atoms with Gasteiger partial charge < -0.3 is 14.6 Å². The van der Waals surface area contributed by atoms with Crippen LogP contribution in [0.1, 0.15) is 22.8 Å².